The van der Waals surface area contributed by atoms with Gasteiger partial charge in [0.25, 0.3) is 0 Å². The predicted molar refractivity (Wildman–Crippen MR) is 120 cm³/mol. The van der Waals surface area contributed by atoms with E-state index in [1.807, 2.05) is 0 Å². The Morgan fingerprint density at radius 2 is 1.74 bits per heavy atom. The normalized spacial score (nSPS) is 17.5. The van der Waals surface area contributed by atoms with Crippen LogP contribution in [0.5, 0.6) is 0 Å². The molecule has 0 radical (unpaired) electrons. The molecule has 1 saturated heterocycles. The zero-order valence-electron chi connectivity index (χ0n) is 18.2. The molecule has 1 N–H and O–H groups in total. The van der Waals surface area contributed by atoms with E-state index in [2.05, 4.69) is 5.32 Å². The van der Waals surface area contributed by atoms with Crippen LogP contribution in [0.1, 0.15) is 62.5 Å². The summed E-state index contributed by atoms with van der Waals surface area (Å²) < 4.78 is 46.4. The summed E-state index contributed by atoms with van der Waals surface area (Å²) in [6.45, 7) is 3.12. The fraction of sp³-hybridized carbons (Fsp3) is 0.538. The SMILES string of the molecule is FC(F)(F)c1cc(COCCCCCCC2CCCCNC2)ccc1-c1ccccc1. The summed E-state index contributed by atoms with van der Waals surface area (Å²) >= 11 is 0. The molecular weight excluding hydrogens is 399 g/mol. The number of ether oxygens (including phenoxy) is 1. The van der Waals surface area contributed by atoms with Gasteiger partial charge in [0, 0.05) is 6.61 Å². The number of hydrogen-bond donors (Lipinski definition) is 1. The molecule has 1 fully saturated rings. The highest BCUT2D eigenvalue weighted by atomic mass is 19.4. The molecule has 0 bridgehead atoms. The maximum atomic E-state index is 13.6. The van der Waals surface area contributed by atoms with Crippen LogP contribution >= 0.6 is 0 Å². The van der Waals surface area contributed by atoms with E-state index in [4.69, 9.17) is 4.74 Å². The van der Waals surface area contributed by atoms with Crippen molar-refractivity contribution < 1.29 is 17.9 Å². The number of halogens is 3. The van der Waals surface area contributed by atoms with E-state index in [0.29, 0.717) is 17.7 Å². The van der Waals surface area contributed by atoms with Crippen LogP contribution in [0.15, 0.2) is 48.5 Å². The minimum atomic E-state index is -4.39. The number of nitrogens with one attached hydrogen (secondary N) is 1. The summed E-state index contributed by atoms with van der Waals surface area (Å²) in [6, 6.07) is 13.2. The zero-order chi connectivity index (χ0) is 21.9. The molecule has 2 aromatic rings. The van der Waals surface area contributed by atoms with Gasteiger partial charge >= 0.3 is 6.18 Å². The van der Waals surface area contributed by atoms with Crippen LogP contribution in [-0.2, 0) is 17.5 Å². The number of hydrogen-bond acceptors (Lipinski definition) is 2. The molecule has 3 rings (SSSR count). The smallest absolute Gasteiger partial charge is 0.377 e. The van der Waals surface area contributed by atoms with E-state index in [1.54, 1.807) is 42.5 Å². The van der Waals surface area contributed by atoms with Gasteiger partial charge in [-0.05, 0) is 67.4 Å². The molecule has 1 unspecified atom stereocenters. The second-order valence-electron chi connectivity index (χ2n) is 8.57. The van der Waals surface area contributed by atoms with Crippen molar-refractivity contribution in [2.75, 3.05) is 19.7 Å². The number of rotatable bonds is 10. The van der Waals surface area contributed by atoms with Crippen molar-refractivity contribution >= 4 is 0 Å². The van der Waals surface area contributed by atoms with Gasteiger partial charge in [0.2, 0.25) is 0 Å². The van der Waals surface area contributed by atoms with Crippen molar-refractivity contribution in [2.45, 2.75) is 64.1 Å². The molecule has 0 amide bonds. The van der Waals surface area contributed by atoms with Gasteiger partial charge in [-0.15, -0.1) is 0 Å². The number of unbranched alkanes of at least 4 members (excludes halogenated alkanes) is 3. The lowest BCUT2D eigenvalue weighted by Gasteiger charge is -2.15. The van der Waals surface area contributed by atoms with Crippen LogP contribution in [0.3, 0.4) is 0 Å². The van der Waals surface area contributed by atoms with E-state index in [1.165, 1.54) is 44.6 Å². The molecule has 31 heavy (non-hydrogen) atoms. The maximum Gasteiger partial charge on any atom is 0.417 e. The van der Waals surface area contributed by atoms with Crippen LogP contribution in [0.4, 0.5) is 13.2 Å². The van der Waals surface area contributed by atoms with E-state index < -0.39 is 11.7 Å². The molecule has 2 nitrogen and oxygen atoms in total. The van der Waals surface area contributed by atoms with Crippen LogP contribution in [-0.4, -0.2) is 19.7 Å². The molecule has 0 aliphatic carbocycles. The predicted octanol–water partition coefficient (Wildman–Crippen LogP) is 7.23. The molecule has 170 valence electrons. The van der Waals surface area contributed by atoms with Gasteiger partial charge in [0.15, 0.2) is 0 Å². The lowest BCUT2D eigenvalue weighted by Crippen LogP contribution is -2.20. The van der Waals surface area contributed by atoms with Crippen molar-refractivity contribution in [2.24, 2.45) is 5.92 Å². The van der Waals surface area contributed by atoms with Crippen molar-refractivity contribution in [1.82, 2.24) is 5.32 Å². The summed E-state index contributed by atoms with van der Waals surface area (Å²) in [4.78, 5) is 0. The highest BCUT2D eigenvalue weighted by Gasteiger charge is 2.33. The van der Waals surface area contributed by atoms with E-state index in [9.17, 15) is 13.2 Å². The Morgan fingerprint density at radius 1 is 0.935 bits per heavy atom. The molecule has 0 saturated carbocycles. The first-order valence-electron chi connectivity index (χ1n) is 11.6. The van der Waals surface area contributed by atoms with Gasteiger partial charge in [-0.3, -0.25) is 0 Å². The standard InChI is InChI=1S/C26H34F3NO/c27-26(28,29)25-18-22(14-15-24(25)23-12-5-3-6-13-23)20-31-17-9-2-1-4-10-21-11-7-8-16-30-19-21/h3,5-6,12-15,18,21,30H,1-2,4,7-11,16-17,19-20H2. The number of alkyl halides is 3. The molecule has 1 aliphatic heterocycles. The van der Waals surface area contributed by atoms with Gasteiger partial charge in [0.1, 0.15) is 0 Å². The summed E-state index contributed by atoms with van der Waals surface area (Å²) in [7, 11) is 0. The first-order valence-corrected chi connectivity index (χ1v) is 11.6. The molecule has 2 aromatic carbocycles. The van der Waals surface area contributed by atoms with Gasteiger partial charge in [-0.1, -0.05) is 68.1 Å². The summed E-state index contributed by atoms with van der Waals surface area (Å²) in [5, 5.41) is 3.52. The van der Waals surface area contributed by atoms with Crippen LogP contribution < -0.4 is 5.32 Å². The van der Waals surface area contributed by atoms with Gasteiger partial charge in [-0.25, -0.2) is 0 Å². The fourth-order valence-corrected chi connectivity index (χ4v) is 4.30. The molecule has 1 heterocycles. The Labute approximate surface area is 184 Å². The van der Waals surface area contributed by atoms with E-state index in [-0.39, 0.29) is 12.2 Å². The zero-order valence-corrected chi connectivity index (χ0v) is 18.2. The second kappa shape index (κ2) is 12.3. The average Bonchev–Trinajstić information content (AvgIpc) is 3.04. The van der Waals surface area contributed by atoms with Crippen LogP contribution in [0.2, 0.25) is 0 Å². The van der Waals surface area contributed by atoms with Gasteiger partial charge < -0.3 is 10.1 Å². The minimum Gasteiger partial charge on any atom is -0.377 e. The fourth-order valence-electron chi connectivity index (χ4n) is 4.30. The summed E-state index contributed by atoms with van der Waals surface area (Å²) in [5.74, 6) is 0.820. The lowest BCUT2D eigenvalue weighted by molar-refractivity contribution is -0.137. The third-order valence-corrected chi connectivity index (χ3v) is 6.04. The molecule has 0 aromatic heterocycles. The number of benzene rings is 2. The minimum absolute atomic E-state index is 0.209. The topological polar surface area (TPSA) is 21.3 Å². The summed E-state index contributed by atoms with van der Waals surface area (Å²) in [5.41, 5.74) is 0.739. The second-order valence-corrected chi connectivity index (χ2v) is 8.57. The maximum absolute atomic E-state index is 13.6. The Morgan fingerprint density at radius 3 is 2.55 bits per heavy atom. The highest BCUT2D eigenvalue weighted by Crippen LogP contribution is 2.37. The third kappa shape index (κ3) is 7.97. The Bertz CT molecular complexity index is 768. The quantitative estimate of drug-likeness (QED) is 0.399. The molecule has 0 spiro atoms. The Kier molecular flexibility index (Phi) is 9.41. The molecule has 5 heteroatoms. The van der Waals surface area contributed by atoms with Crippen molar-refractivity contribution in [3.05, 3.63) is 59.7 Å². The molecule has 1 atom stereocenters. The highest BCUT2D eigenvalue weighted by molar-refractivity contribution is 5.68. The third-order valence-electron chi connectivity index (χ3n) is 6.04. The summed E-state index contributed by atoms with van der Waals surface area (Å²) in [6.07, 6.45) is 5.40. The van der Waals surface area contributed by atoms with Crippen LogP contribution in [0.25, 0.3) is 11.1 Å². The monoisotopic (exact) mass is 433 g/mol. The van der Waals surface area contributed by atoms with E-state index >= 15 is 0 Å². The van der Waals surface area contributed by atoms with Crippen LogP contribution in [0, 0.1) is 5.92 Å². The van der Waals surface area contributed by atoms with Gasteiger partial charge in [-0.2, -0.15) is 13.2 Å². The van der Waals surface area contributed by atoms with Gasteiger partial charge in [0.05, 0.1) is 12.2 Å². The first-order chi connectivity index (χ1) is 15.0. The lowest BCUT2D eigenvalue weighted by atomic mass is 9.96. The van der Waals surface area contributed by atoms with E-state index in [0.717, 1.165) is 31.8 Å². The average molecular weight is 434 g/mol. The van der Waals surface area contributed by atoms with Crippen molar-refractivity contribution in [3.63, 3.8) is 0 Å². The van der Waals surface area contributed by atoms with Crippen molar-refractivity contribution in [3.8, 4) is 11.1 Å². The first kappa shape index (κ1) is 23.8. The van der Waals surface area contributed by atoms with Crippen molar-refractivity contribution in [1.29, 1.82) is 0 Å². The Balaban J connectivity index is 1.39. The molecule has 1 aliphatic rings. The largest absolute Gasteiger partial charge is 0.417 e. The Hall–Kier alpha value is -1.85. The molecular formula is C26H34F3NO.